The maximum Gasteiger partial charge on any atom is 0.115 e. The first-order valence-electron chi connectivity index (χ1n) is 6.60. The van der Waals surface area contributed by atoms with Crippen LogP contribution in [-0.4, -0.2) is 18.2 Å². The van der Waals surface area contributed by atoms with Crippen molar-refractivity contribution in [1.82, 2.24) is 5.32 Å². The van der Waals surface area contributed by atoms with Gasteiger partial charge in [-0.1, -0.05) is 39.3 Å². The van der Waals surface area contributed by atoms with Crippen LogP contribution in [-0.2, 0) is 6.42 Å². The fraction of sp³-hybridized carbons (Fsp3) is 0.600. The molecular formula is C15H25NO. The summed E-state index contributed by atoms with van der Waals surface area (Å²) >= 11 is 0. The molecule has 17 heavy (non-hydrogen) atoms. The minimum Gasteiger partial charge on any atom is -0.508 e. The Morgan fingerprint density at radius 3 is 2.29 bits per heavy atom. The first-order valence-corrected chi connectivity index (χ1v) is 6.60. The second-order valence-electron chi connectivity index (χ2n) is 5.20. The van der Waals surface area contributed by atoms with E-state index in [0.29, 0.717) is 17.6 Å². The Morgan fingerprint density at radius 1 is 1.12 bits per heavy atom. The molecular weight excluding hydrogens is 210 g/mol. The van der Waals surface area contributed by atoms with Gasteiger partial charge in [0.15, 0.2) is 0 Å². The van der Waals surface area contributed by atoms with Crippen LogP contribution in [0.1, 0.15) is 32.8 Å². The fourth-order valence-corrected chi connectivity index (χ4v) is 1.90. The van der Waals surface area contributed by atoms with Gasteiger partial charge in [0.05, 0.1) is 0 Å². The molecule has 1 aromatic carbocycles. The quantitative estimate of drug-likeness (QED) is 0.760. The lowest BCUT2D eigenvalue weighted by Gasteiger charge is -2.17. The highest BCUT2D eigenvalue weighted by Gasteiger charge is 2.07. The van der Waals surface area contributed by atoms with Crippen molar-refractivity contribution in [3.63, 3.8) is 0 Å². The topological polar surface area (TPSA) is 32.3 Å². The smallest absolute Gasteiger partial charge is 0.115 e. The zero-order chi connectivity index (χ0) is 12.7. The van der Waals surface area contributed by atoms with Crippen LogP contribution >= 0.6 is 0 Å². The van der Waals surface area contributed by atoms with Gasteiger partial charge < -0.3 is 10.4 Å². The highest BCUT2D eigenvalue weighted by molar-refractivity contribution is 5.26. The molecule has 0 fully saturated rings. The number of phenolic OH excluding ortho intramolecular Hbond substituents is 1. The highest BCUT2D eigenvalue weighted by atomic mass is 16.3. The van der Waals surface area contributed by atoms with Crippen LogP contribution in [0, 0.1) is 11.8 Å². The van der Waals surface area contributed by atoms with Gasteiger partial charge in [0.2, 0.25) is 0 Å². The predicted molar refractivity (Wildman–Crippen MR) is 73.3 cm³/mol. The summed E-state index contributed by atoms with van der Waals surface area (Å²) in [5.41, 5.74) is 1.31. The number of rotatable bonds is 7. The predicted octanol–water partition coefficient (Wildman–Crippen LogP) is 3.21. The van der Waals surface area contributed by atoms with Gasteiger partial charge in [0, 0.05) is 0 Å². The average molecular weight is 235 g/mol. The second kappa shape index (κ2) is 7.33. The van der Waals surface area contributed by atoms with Crippen molar-refractivity contribution in [3.05, 3.63) is 29.8 Å². The van der Waals surface area contributed by atoms with Crippen LogP contribution < -0.4 is 5.32 Å². The third-order valence-corrected chi connectivity index (χ3v) is 3.02. The summed E-state index contributed by atoms with van der Waals surface area (Å²) in [7, 11) is 0. The number of nitrogens with one attached hydrogen (secondary N) is 1. The van der Waals surface area contributed by atoms with Gasteiger partial charge in [0.25, 0.3) is 0 Å². The molecule has 0 saturated carbocycles. The molecule has 0 bridgehead atoms. The normalized spacial score (nSPS) is 12.9. The summed E-state index contributed by atoms with van der Waals surface area (Å²) in [5.74, 6) is 1.74. The van der Waals surface area contributed by atoms with Crippen LogP contribution in [0.15, 0.2) is 24.3 Å². The number of phenols is 1. The van der Waals surface area contributed by atoms with Gasteiger partial charge >= 0.3 is 0 Å². The highest BCUT2D eigenvalue weighted by Crippen LogP contribution is 2.15. The summed E-state index contributed by atoms with van der Waals surface area (Å²) in [6, 6.07) is 7.56. The van der Waals surface area contributed by atoms with Crippen molar-refractivity contribution in [1.29, 1.82) is 0 Å². The SMILES string of the molecule is CCC(CNCC(C)C)Cc1ccc(O)cc1. The van der Waals surface area contributed by atoms with E-state index in [1.54, 1.807) is 12.1 Å². The standard InChI is InChI=1S/C15H25NO/c1-4-13(11-16-10-12(2)3)9-14-5-7-15(17)8-6-14/h5-8,12-13,16-17H,4,9-11H2,1-3H3. The molecule has 1 rings (SSSR count). The van der Waals surface area contributed by atoms with Crippen molar-refractivity contribution >= 4 is 0 Å². The van der Waals surface area contributed by atoms with Crippen molar-refractivity contribution < 1.29 is 5.11 Å². The van der Waals surface area contributed by atoms with E-state index in [4.69, 9.17) is 0 Å². The van der Waals surface area contributed by atoms with Gasteiger partial charge in [-0.3, -0.25) is 0 Å². The average Bonchev–Trinajstić information content (AvgIpc) is 2.30. The van der Waals surface area contributed by atoms with Gasteiger partial charge in [-0.05, 0) is 49.0 Å². The van der Waals surface area contributed by atoms with E-state index < -0.39 is 0 Å². The Balaban J connectivity index is 2.38. The molecule has 0 aliphatic rings. The second-order valence-corrected chi connectivity index (χ2v) is 5.20. The summed E-state index contributed by atoms with van der Waals surface area (Å²) in [6.07, 6.45) is 2.27. The van der Waals surface area contributed by atoms with Crippen LogP contribution in [0.3, 0.4) is 0 Å². The third kappa shape index (κ3) is 5.73. The number of benzene rings is 1. The van der Waals surface area contributed by atoms with Gasteiger partial charge in [-0.2, -0.15) is 0 Å². The molecule has 0 amide bonds. The molecule has 0 aliphatic heterocycles. The van der Waals surface area contributed by atoms with Crippen molar-refractivity contribution in [2.45, 2.75) is 33.6 Å². The molecule has 1 aromatic rings. The zero-order valence-corrected chi connectivity index (χ0v) is 11.2. The summed E-state index contributed by atoms with van der Waals surface area (Å²) in [4.78, 5) is 0. The molecule has 2 heteroatoms. The van der Waals surface area contributed by atoms with Crippen LogP contribution in [0.5, 0.6) is 5.75 Å². The van der Waals surface area contributed by atoms with Crippen LogP contribution in [0.4, 0.5) is 0 Å². The first-order chi connectivity index (χ1) is 8.11. The van der Waals surface area contributed by atoms with E-state index in [0.717, 1.165) is 19.5 Å². The number of hydrogen-bond donors (Lipinski definition) is 2. The first kappa shape index (κ1) is 14.0. The molecule has 0 spiro atoms. The Bertz CT molecular complexity index is 305. The van der Waals surface area contributed by atoms with Crippen LogP contribution in [0.2, 0.25) is 0 Å². The van der Waals surface area contributed by atoms with E-state index >= 15 is 0 Å². The molecule has 1 unspecified atom stereocenters. The molecule has 0 aliphatic carbocycles. The lowest BCUT2D eigenvalue weighted by Crippen LogP contribution is -2.27. The van der Waals surface area contributed by atoms with Crippen molar-refractivity contribution in [2.24, 2.45) is 11.8 Å². The molecule has 0 radical (unpaired) electrons. The summed E-state index contributed by atoms with van der Waals surface area (Å²) in [5, 5.41) is 12.8. The summed E-state index contributed by atoms with van der Waals surface area (Å²) < 4.78 is 0. The van der Waals surface area contributed by atoms with Gasteiger partial charge in [0.1, 0.15) is 5.75 Å². The lowest BCUT2D eigenvalue weighted by atomic mass is 9.96. The van der Waals surface area contributed by atoms with E-state index in [9.17, 15) is 5.11 Å². The molecule has 2 nitrogen and oxygen atoms in total. The van der Waals surface area contributed by atoms with Gasteiger partial charge in [-0.25, -0.2) is 0 Å². The molecule has 1 atom stereocenters. The fourth-order valence-electron chi connectivity index (χ4n) is 1.90. The Hall–Kier alpha value is -1.02. The lowest BCUT2D eigenvalue weighted by molar-refractivity contribution is 0.437. The maximum atomic E-state index is 9.24. The number of aromatic hydroxyl groups is 1. The van der Waals surface area contributed by atoms with Crippen molar-refractivity contribution in [3.8, 4) is 5.75 Å². The van der Waals surface area contributed by atoms with E-state index in [-0.39, 0.29) is 0 Å². The summed E-state index contributed by atoms with van der Waals surface area (Å²) in [6.45, 7) is 8.87. The van der Waals surface area contributed by atoms with E-state index in [1.165, 1.54) is 12.0 Å². The molecule has 2 N–H and O–H groups in total. The number of hydrogen-bond acceptors (Lipinski definition) is 2. The Morgan fingerprint density at radius 2 is 1.76 bits per heavy atom. The minimum absolute atomic E-state index is 0.347. The maximum absolute atomic E-state index is 9.24. The minimum atomic E-state index is 0.347. The Labute approximate surface area is 105 Å². The largest absolute Gasteiger partial charge is 0.508 e. The monoisotopic (exact) mass is 235 g/mol. The molecule has 0 heterocycles. The third-order valence-electron chi connectivity index (χ3n) is 3.02. The van der Waals surface area contributed by atoms with Crippen molar-refractivity contribution in [2.75, 3.05) is 13.1 Å². The zero-order valence-electron chi connectivity index (χ0n) is 11.2. The molecule has 0 saturated heterocycles. The molecule has 96 valence electrons. The van der Waals surface area contributed by atoms with Gasteiger partial charge in [-0.15, -0.1) is 0 Å². The van der Waals surface area contributed by atoms with E-state index in [1.807, 2.05) is 12.1 Å². The van der Waals surface area contributed by atoms with E-state index in [2.05, 4.69) is 26.1 Å². The Kier molecular flexibility index (Phi) is 6.06. The van der Waals surface area contributed by atoms with Crippen LogP contribution in [0.25, 0.3) is 0 Å². The molecule has 0 aromatic heterocycles.